The van der Waals surface area contributed by atoms with Crippen LogP contribution in [-0.4, -0.2) is 26.8 Å². The number of benzene rings is 1. The number of hydrogen-bond donors (Lipinski definition) is 1. The molecule has 0 unspecified atom stereocenters. The Hall–Kier alpha value is -0.740. The fraction of sp³-hybridized carbons (Fsp3) is 0.571. The highest BCUT2D eigenvalue weighted by atomic mass is 79.9. The van der Waals surface area contributed by atoms with E-state index in [1.807, 2.05) is 18.2 Å². The summed E-state index contributed by atoms with van der Waals surface area (Å²) in [4.78, 5) is 0. The summed E-state index contributed by atoms with van der Waals surface area (Å²) >= 11 is 3.50. The Balaban J connectivity index is 1.85. The third-order valence-corrected chi connectivity index (χ3v) is 4.01. The first kappa shape index (κ1) is 13.7. The Kier molecular flexibility index (Phi) is 5.32. The molecule has 3 nitrogen and oxygen atoms in total. The molecule has 0 bridgehead atoms. The zero-order valence-electron chi connectivity index (χ0n) is 10.7. The molecule has 1 aromatic carbocycles. The van der Waals surface area contributed by atoms with E-state index >= 15 is 0 Å². The van der Waals surface area contributed by atoms with Crippen LogP contribution in [-0.2, 0) is 0 Å². The lowest BCUT2D eigenvalue weighted by Gasteiger charge is -2.22. The van der Waals surface area contributed by atoms with Gasteiger partial charge in [-0.15, -0.1) is 0 Å². The van der Waals surface area contributed by atoms with Gasteiger partial charge in [0.05, 0.1) is 18.2 Å². The number of halogens is 1. The molecule has 1 saturated heterocycles. The summed E-state index contributed by atoms with van der Waals surface area (Å²) in [5.74, 6) is 2.39. The summed E-state index contributed by atoms with van der Waals surface area (Å²) in [6.07, 6.45) is 3.64. The van der Waals surface area contributed by atoms with Crippen molar-refractivity contribution >= 4 is 15.9 Å². The molecule has 1 heterocycles. The van der Waals surface area contributed by atoms with E-state index in [-0.39, 0.29) is 0 Å². The van der Waals surface area contributed by atoms with E-state index in [9.17, 15) is 0 Å². The average Bonchev–Trinajstić information content (AvgIpc) is 2.41. The SMILES string of the molecule is COc1cccc(Br)c1OCCC1CCNCC1. The first-order valence-electron chi connectivity index (χ1n) is 6.47. The summed E-state index contributed by atoms with van der Waals surface area (Å²) < 4.78 is 12.1. The van der Waals surface area contributed by atoms with Crippen molar-refractivity contribution in [3.8, 4) is 11.5 Å². The van der Waals surface area contributed by atoms with E-state index in [1.165, 1.54) is 12.8 Å². The fourth-order valence-corrected chi connectivity index (χ4v) is 2.75. The first-order chi connectivity index (χ1) is 8.81. The molecule has 0 aromatic heterocycles. The molecule has 2 rings (SSSR count). The largest absolute Gasteiger partial charge is 0.493 e. The number of hydrogen-bond acceptors (Lipinski definition) is 3. The molecular weight excluding hydrogens is 294 g/mol. The van der Waals surface area contributed by atoms with E-state index in [0.29, 0.717) is 0 Å². The number of para-hydroxylation sites is 1. The van der Waals surface area contributed by atoms with E-state index < -0.39 is 0 Å². The summed E-state index contributed by atoms with van der Waals surface area (Å²) in [6.45, 7) is 3.04. The highest BCUT2D eigenvalue weighted by Gasteiger charge is 2.14. The van der Waals surface area contributed by atoms with E-state index in [1.54, 1.807) is 7.11 Å². The quantitative estimate of drug-likeness (QED) is 0.905. The molecule has 1 fully saturated rings. The molecule has 1 aliphatic heterocycles. The van der Waals surface area contributed by atoms with Gasteiger partial charge in [-0.3, -0.25) is 0 Å². The topological polar surface area (TPSA) is 30.5 Å². The van der Waals surface area contributed by atoms with E-state index in [4.69, 9.17) is 9.47 Å². The van der Waals surface area contributed by atoms with Crippen LogP contribution in [0.4, 0.5) is 0 Å². The third-order valence-electron chi connectivity index (χ3n) is 3.38. The maximum atomic E-state index is 5.87. The van der Waals surface area contributed by atoms with Gasteiger partial charge < -0.3 is 14.8 Å². The number of piperidine rings is 1. The molecule has 0 radical (unpaired) electrons. The summed E-state index contributed by atoms with van der Waals surface area (Å²) in [5, 5.41) is 3.38. The van der Waals surface area contributed by atoms with Crippen LogP contribution in [0.15, 0.2) is 22.7 Å². The zero-order chi connectivity index (χ0) is 12.8. The van der Waals surface area contributed by atoms with Crippen LogP contribution in [0.5, 0.6) is 11.5 Å². The monoisotopic (exact) mass is 313 g/mol. The van der Waals surface area contributed by atoms with Gasteiger partial charge in [0.15, 0.2) is 11.5 Å². The average molecular weight is 314 g/mol. The van der Waals surface area contributed by atoms with Gasteiger partial charge in [-0.1, -0.05) is 6.07 Å². The zero-order valence-corrected chi connectivity index (χ0v) is 12.3. The Morgan fingerprint density at radius 2 is 2.11 bits per heavy atom. The highest BCUT2D eigenvalue weighted by Crippen LogP contribution is 2.35. The second-order valence-corrected chi connectivity index (χ2v) is 5.46. The molecule has 0 atom stereocenters. The molecule has 1 aliphatic rings. The predicted octanol–water partition coefficient (Wildman–Crippen LogP) is 3.23. The van der Waals surface area contributed by atoms with Gasteiger partial charge in [-0.2, -0.15) is 0 Å². The Bertz CT molecular complexity index is 378. The van der Waals surface area contributed by atoms with Crippen molar-refractivity contribution in [1.82, 2.24) is 5.32 Å². The van der Waals surface area contributed by atoms with Gasteiger partial charge in [0.1, 0.15) is 0 Å². The first-order valence-corrected chi connectivity index (χ1v) is 7.26. The Morgan fingerprint density at radius 1 is 1.33 bits per heavy atom. The van der Waals surface area contributed by atoms with Crippen molar-refractivity contribution in [1.29, 1.82) is 0 Å². The Morgan fingerprint density at radius 3 is 2.83 bits per heavy atom. The minimum atomic E-state index is 0.754. The summed E-state index contributed by atoms with van der Waals surface area (Å²) in [7, 11) is 1.67. The van der Waals surface area contributed by atoms with Gasteiger partial charge in [0.25, 0.3) is 0 Å². The molecule has 0 spiro atoms. The smallest absolute Gasteiger partial charge is 0.175 e. The molecule has 4 heteroatoms. The lowest BCUT2D eigenvalue weighted by molar-refractivity contribution is 0.242. The minimum absolute atomic E-state index is 0.754. The van der Waals surface area contributed by atoms with Crippen LogP contribution in [0.3, 0.4) is 0 Å². The van der Waals surface area contributed by atoms with Crippen LogP contribution < -0.4 is 14.8 Å². The molecule has 0 saturated carbocycles. The Labute approximate surface area is 117 Å². The molecule has 18 heavy (non-hydrogen) atoms. The molecular formula is C14H20BrNO2. The van der Waals surface area contributed by atoms with Crippen LogP contribution in [0.1, 0.15) is 19.3 Å². The number of ether oxygens (including phenoxy) is 2. The van der Waals surface area contributed by atoms with E-state index in [2.05, 4.69) is 21.2 Å². The molecule has 1 N–H and O–H groups in total. The highest BCUT2D eigenvalue weighted by molar-refractivity contribution is 9.10. The van der Waals surface area contributed by atoms with Gasteiger partial charge in [-0.05, 0) is 66.3 Å². The van der Waals surface area contributed by atoms with Crippen LogP contribution in [0, 0.1) is 5.92 Å². The lowest BCUT2D eigenvalue weighted by Crippen LogP contribution is -2.28. The maximum absolute atomic E-state index is 5.87. The van der Waals surface area contributed by atoms with Gasteiger partial charge >= 0.3 is 0 Å². The minimum Gasteiger partial charge on any atom is -0.493 e. The fourth-order valence-electron chi connectivity index (χ4n) is 2.29. The van der Waals surface area contributed by atoms with E-state index in [0.717, 1.165) is 48.0 Å². The van der Waals surface area contributed by atoms with Crippen molar-refractivity contribution in [3.63, 3.8) is 0 Å². The summed E-state index contributed by atoms with van der Waals surface area (Å²) in [6, 6.07) is 5.84. The van der Waals surface area contributed by atoms with Gasteiger partial charge in [-0.25, -0.2) is 0 Å². The van der Waals surface area contributed by atoms with Crippen molar-refractivity contribution in [3.05, 3.63) is 22.7 Å². The molecule has 0 aliphatic carbocycles. The predicted molar refractivity (Wildman–Crippen MR) is 76.4 cm³/mol. The normalized spacial score (nSPS) is 16.6. The molecule has 1 aromatic rings. The van der Waals surface area contributed by atoms with Crippen molar-refractivity contribution in [2.24, 2.45) is 5.92 Å². The second kappa shape index (κ2) is 7.00. The van der Waals surface area contributed by atoms with Crippen LogP contribution in [0.25, 0.3) is 0 Å². The second-order valence-electron chi connectivity index (χ2n) is 4.60. The molecule has 0 amide bonds. The summed E-state index contributed by atoms with van der Waals surface area (Å²) in [5.41, 5.74) is 0. The third kappa shape index (κ3) is 3.62. The number of methoxy groups -OCH3 is 1. The lowest BCUT2D eigenvalue weighted by atomic mass is 9.95. The molecule has 100 valence electrons. The number of nitrogens with one attached hydrogen (secondary N) is 1. The van der Waals surface area contributed by atoms with Gasteiger partial charge in [0.2, 0.25) is 0 Å². The van der Waals surface area contributed by atoms with Crippen molar-refractivity contribution in [2.75, 3.05) is 26.8 Å². The van der Waals surface area contributed by atoms with Crippen molar-refractivity contribution in [2.45, 2.75) is 19.3 Å². The van der Waals surface area contributed by atoms with Crippen LogP contribution in [0.2, 0.25) is 0 Å². The standard InChI is InChI=1S/C14H20BrNO2/c1-17-13-4-2-3-12(15)14(13)18-10-7-11-5-8-16-9-6-11/h2-4,11,16H,5-10H2,1H3. The van der Waals surface area contributed by atoms with Gasteiger partial charge in [0, 0.05) is 0 Å². The number of rotatable bonds is 5. The maximum Gasteiger partial charge on any atom is 0.175 e. The van der Waals surface area contributed by atoms with Crippen molar-refractivity contribution < 1.29 is 9.47 Å². The van der Waals surface area contributed by atoms with Crippen LogP contribution >= 0.6 is 15.9 Å².